The van der Waals surface area contributed by atoms with E-state index in [9.17, 15) is 0 Å². The quantitative estimate of drug-likeness (QED) is 0.623. The van der Waals surface area contributed by atoms with E-state index in [0.717, 1.165) is 12.8 Å². The fourth-order valence-electron chi connectivity index (χ4n) is 1.05. The van der Waals surface area contributed by atoms with Gasteiger partial charge in [0.2, 0.25) is 0 Å². The first-order valence-electron chi connectivity index (χ1n) is 4.42. The summed E-state index contributed by atoms with van der Waals surface area (Å²) in [7, 11) is 0. The van der Waals surface area contributed by atoms with Crippen LogP contribution in [0.1, 0.15) is 19.8 Å². The van der Waals surface area contributed by atoms with E-state index in [1.807, 2.05) is 6.92 Å². The Hall–Kier alpha value is -0.730. The highest BCUT2D eigenvalue weighted by Crippen LogP contribution is 2.32. The van der Waals surface area contributed by atoms with Gasteiger partial charge in [-0.1, -0.05) is 36.2 Å². The molecule has 0 amide bonds. The zero-order valence-electron chi connectivity index (χ0n) is 7.93. The van der Waals surface area contributed by atoms with Crippen LogP contribution in [0.3, 0.4) is 0 Å². The summed E-state index contributed by atoms with van der Waals surface area (Å²) >= 11 is 11.9. The van der Waals surface area contributed by atoms with Gasteiger partial charge in [-0.3, -0.25) is 0 Å². The van der Waals surface area contributed by atoms with Crippen LogP contribution in [0.15, 0.2) is 23.2 Å². The van der Waals surface area contributed by atoms with Crippen molar-refractivity contribution in [2.75, 3.05) is 0 Å². The van der Waals surface area contributed by atoms with E-state index < -0.39 is 0 Å². The smallest absolute Gasteiger partial charge is 0.102 e. The van der Waals surface area contributed by atoms with Crippen molar-refractivity contribution >= 4 is 34.7 Å². The molecule has 0 heterocycles. The number of nitrogens with two attached hydrogens (primary N) is 1. The van der Waals surface area contributed by atoms with Crippen LogP contribution >= 0.6 is 23.2 Å². The van der Waals surface area contributed by atoms with Crippen molar-refractivity contribution in [3.05, 3.63) is 28.2 Å². The van der Waals surface area contributed by atoms with Crippen molar-refractivity contribution in [2.45, 2.75) is 19.8 Å². The Labute approximate surface area is 93.7 Å². The summed E-state index contributed by atoms with van der Waals surface area (Å²) in [5.41, 5.74) is 6.24. The second-order valence-electron chi connectivity index (χ2n) is 2.92. The lowest BCUT2D eigenvalue weighted by atomic mass is 10.3. The highest BCUT2D eigenvalue weighted by atomic mass is 35.5. The lowest BCUT2D eigenvalue weighted by Crippen LogP contribution is -2.10. The fourth-order valence-corrected chi connectivity index (χ4v) is 1.53. The van der Waals surface area contributed by atoms with E-state index >= 15 is 0 Å². The van der Waals surface area contributed by atoms with Gasteiger partial charge in [0.25, 0.3) is 0 Å². The number of aliphatic imine (C=N–C) groups is 1. The third-order valence-corrected chi connectivity index (χ3v) is 2.31. The third kappa shape index (κ3) is 2.89. The Bertz CT molecular complexity index is 328. The molecule has 2 nitrogen and oxygen atoms in total. The van der Waals surface area contributed by atoms with E-state index in [4.69, 9.17) is 28.9 Å². The van der Waals surface area contributed by atoms with Gasteiger partial charge >= 0.3 is 0 Å². The first-order chi connectivity index (χ1) is 6.65. The summed E-state index contributed by atoms with van der Waals surface area (Å²) in [6, 6.07) is 5.26. The number of nitrogens with zero attached hydrogens (tertiary/aromatic N) is 1. The molecule has 2 N–H and O–H groups in total. The van der Waals surface area contributed by atoms with Gasteiger partial charge in [0.1, 0.15) is 5.69 Å². The Morgan fingerprint density at radius 3 is 2.43 bits per heavy atom. The zero-order valence-corrected chi connectivity index (χ0v) is 9.44. The van der Waals surface area contributed by atoms with Crippen LogP contribution in [0.4, 0.5) is 5.69 Å². The molecule has 0 saturated carbocycles. The molecular weight excluding hydrogens is 219 g/mol. The minimum atomic E-state index is 0.525. The van der Waals surface area contributed by atoms with Crippen molar-refractivity contribution in [1.82, 2.24) is 0 Å². The number of para-hydroxylation sites is 1. The van der Waals surface area contributed by atoms with Crippen LogP contribution in [0.25, 0.3) is 0 Å². The Morgan fingerprint density at radius 2 is 1.93 bits per heavy atom. The summed E-state index contributed by atoms with van der Waals surface area (Å²) < 4.78 is 0. The average molecular weight is 231 g/mol. The van der Waals surface area contributed by atoms with Crippen LogP contribution < -0.4 is 5.73 Å². The molecule has 0 radical (unpaired) electrons. The van der Waals surface area contributed by atoms with Gasteiger partial charge in [-0.2, -0.15) is 0 Å². The monoisotopic (exact) mass is 230 g/mol. The molecular formula is C10H12Cl2N2. The lowest BCUT2D eigenvalue weighted by Gasteiger charge is -2.02. The maximum Gasteiger partial charge on any atom is 0.102 e. The molecule has 1 aromatic carbocycles. The predicted molar refractivity (Wildman–Crippen MR) is 62.7 cm³/mol. The number of hydrogen-bond donors (Lipinski definition) is 1. The normalized spacial score (nSPS) is 11.8. The Balaban J connectivity index is 3.01. The molecule has 4 heteroatoms. The van der Waals surface area contributed by atoms with Gasteiger partial charge in [-0.25, -0.2) is 4.99 Å². The first-order valence-corrected chi connectivity index (χ1v) is 5.17. The van der Waals surface area contributed by atoms with Gasteiger partial charge in [0.05, 0.1) is 15.9 Å². The standard InChI is InChI=1S/C10H12Cl2N2/c1-2-4-9(13)14-10-7(11)5-3-6-8(10)12/h3,5-6H,2,4H2,1H3,(H2,13,14). The van der Waals surface area contributed by atoms with Crippen LogP contribution in [0.5, 0.6) is 0 Å². The van der Waals surface area contributed by atoms with Crippen molar-refractivity contribution in [3.63, 3.8) is 0 Å². The largest absolute Gasteiger partial charge is 0.387 e. The van der Waals surface area contributed by atoms with Crippen molar-refractivity contribution in [2.24, 2.45) is 10.7 Å². The lowest BCUT2D eigenvalue weighted by molar-refractivity contribution is 0.983. The van der Waals surface area contributed by atoms with E-state index in [2.05, 4.69) is 4.99 Å². The van der Waals surface area contributed by atoms with Gasteiger partial charge < -0.3 is 5.73 Å². The van der Waals surface area contributed by atoms with Gasteiger partial charge in [-0.15, -0.1) is 0 Å². The van der Waals surface area contributed by atoms with Gasteiger partial charge in [0.15, 0.2) is 0 Å². The summed E-state index contributed by atoms with van der Waals surface area (Å²) in [5.74, 6) is 0.558. The van der Waals surface area contributed by atoms with Crippen molar-refractivity contribution < 1.29 is 0 Å². The molecule has 0 aliphatic rings. The van der Waals surface area contributed by atoms with Crippen LogP contribution in [-0.2, 0) is 0 Å². The summed E-state index contributed by atoms with van der Waals surface area (Å²) in [4.78, 5) is 4.18. The zero-order chi connectivity index (χ0) is 10.6. The number of rotatable bonds is 3. The highest BCUT2D eigenvalue weighted by molar-refractivity contribution is 6.38. The topological polar surface area (TPSA) is 38.4 Å². The maximum absolute atomic E-state index is 5.93. The molecule has 0 spiro atoms. The number of benzene rings is 1. The van der Waals surface area contributed by atoms with E-state index in [0.29, 0.717) is 21.6 Å². The third-order valence-electron chi connectivity index (χ3n) is 1.70. The molecule has 14 heavy (non-hydrogen) atoms. The summed E-state index contributed by atoms with van der Waals surface area (Å²) in [6.45, 7) is 2.04. The molecule has 0 atom stereocenters. The molecule has 76 valence electrons. The van der Waals surface area contributed by atoms with Crippen LogP contribution in [0, 0.1) is 0 Å². The maximum atomic E-state index is 5.93. The summed E-state index contributed by atoms with van der Waals surface area (Å²) in [5, 5.41) is 1.05. The molecule has 0 aliphatic heterocycles. The molecule has 0 fully saturated rings. The SMILES string of the molecule is CCCC(N)=Nc1c(Cl)cccc1Cl. The molecule has 0 aliphatic carbocycles. The van der Waals surface area contributed by atoms with Crippen molar-refractivity contribution in [1.29, 1.82) is 0 Å². The highest BCUT2D eigenvalue weighted by Gasteiger charge is 2.03. The number of hydrogen-bond acceptors (Lipinski definition) is 1. The molecule has 0 aromatic heterocycles. The first kappa shape index (κ1) is 11.3. The average Bonchev–Trinajstić information content (AvgIpc) is 2.12. The molecule has 1 aromatic rings. The molecule has 1 rings (SSSR count). The molecule has 0 bridgehead atoms. The fraction of sp³-hybridized carbons (Fsp3) is 0.300. The van der Waals surface area contributed by atoms with Gasteiger partial charge in [-0.05, 0) is 18.6 Å². The number of amidine groups is 1. The Kier molecular flexibility index (Phi) is 4.23. The summed E-state index contributed by atoms with van der Waals surface area (Å²) in [6.07, 6.45) is 1.71. The molecule has 0 saturated heterocycles. The molecule has 0 unspecified atom stereocenters. The predicted octanol–water partition coefficient (Wildman–Crippen LogP) is 3.78. The second kappa shape index (κ2) is 5.23. The van der Waals surface area contributed by atoms with E-state index in [-0.39, 0.29) is 0 Å². The second-order valence-corrected chi connectivity index (χ2v) is 3.74. The Morgan fingerprint density at radius 1 is 1.36 bits per heavy atom. The van der Waals surface area contributed by atoms with Crippen molar-refractivity contribution in [3.8, 4) is 0 Å². The minimum Gasteiger partial charge on any atom is -0.387 e. The van der Waals surface area contributed by atoms with E-state index in [1.165, 1.54) is 0 Å². The number of halogens is 2. The van der Waals surface area contributed by atoms with Crippen LogP contribution in [0.2, 0.25) is 10.0 Å². The van der Waals surface area contributed by atoms with Gasteiger partial charge in [0, 0.05) is 6.42 Å². The van der Waals surface area contributed by atoms with Crippen LogP contribution in [-0.4, -0.2) is 5.84 Å². The van der Waals surface area contributed by atoms with E-state index in [1.54, 1.807) is 18.2 Å². The minimum absolute atomic E-state index is 0.525.